The second-order valence-electron chi connectivity index (χ2n) is 8.54. The van der Waals surface area contributed by atoms with Crippen LogP contribution in [0.4, 0.5) is 5.69 Å². The van der Waals surface area contributed by atoms with E-state index >= 15 is 0 Å². The first-order valence-corrected chi connectivity index (χ1v) is 10.9. The van der Waals surface area contributed by atoms with Gasteiger partial charge in [0.15, 0.2) is 0 Å². The summed E-state index contributed by atoms with van der Waals surface area (Å²) in [5.41, 5.74) is 4.52. The fourth-order valence-corrected chi connectivity index (χ4v) is 4.26. The number of ether oxygens (including phenoxy) is 1. The summed E-state index contributed by atoms with van der Waals surface area (Å²) >= 11 is 0. The van der Waals surface area contributed by atoms with E-state index < -0.39 is 23.7 Å². The average molecular weight is 456 g/mol. The van der Waals surface area contributed by atoms with Gasteiger partial charge in [-0.2, -0.15) is 0 Å². The number of anilines is 1. The number of carbonyl (C=O) groups is 3. The van der Waals surface area contributed by atoms with Crippen LogP contribution in [0.2, 0.25) is 0 Å². The van der Waals surface area contributed by atoms with Crippen LogP contribution >= 0.6 is 0 Å². The van der Waals surface area contributed by atoms with Crippen molar-refractivity contribution in [1.29, 1.82) is 0 Å². The summed E-state index contributed by atoms with van der Waals surface area (Å²) < 4.78 is 5.12. The third-order valence-electron chi connectivity index (χ3n) is 5.71. The first-order valence-electron chi connectivity index (χ1n) is 10.9. The predicted octanol–water partition coefficient (Wildman–Crippen LogP) is 5.16. The highest BCUT2D eigenvalue weighted by Gasteiger charge is 2.47. The summed E-state index contributed by atoms with van der Waals surface area (Å²) in [4.78, 5) is 39.3. The van der Waals surface area contributed by atoms with Crippen LogP contribution in [0.25, 0.3) is 5.76 Å². The van der Waals surface area contributed by atoms with Gasteiger partial charge in [-0.3, -0.25) is 19.3 Å². The number of ketones is 1. The summed E-state index contributed by atoms with van der Waals surface area (Å²) in [6, 6.07) is 18.5. The first kappa shape index (κ1) is 23.0. The molecule has 34 heavy (non-hydrogen) atoms. The highest BCUT2D eigenvalue weighted by Crippen LogP contribution is 2.42. The zero-order valence-corrected chi connectivity index (χ0v) is 19.5. The van der Waals surface area contributed by atoms with E-state index in [0.29, 0.717) is 22.6 Å². The van der Waals surface area contributed by atoms with E-state index in [-0.39, 0.29) is 11.3 Å². The Morgan fingerprint density at radius 1 is 0.853 bits per heavy atom. The van der Waals surface area contributed by atoms with Crippen molar-refractivity contribution in [3.05, 3.63) is 100 Å². The molecular formula is C28H25NO5. The molecule has 0 saturated carbocycles. The lowest BCUT2D eigenvalue weighted by Crippen LogP contribution is -2.29. The maximum Gasteiger partial charge on any atom is 0.308 e. The zero-order chi connectivity index (χ0) is 24.6. The van der Waals surface area contributed by atoms with Crippen LogP contribution in [0.3, 0.4) is 0 Å². The molecule has 0 bridgehead atoms. The second-order valence-corrected chi connectivity index (χ2v) is 8.54. The molecule has 0 spiro atoms. The van der Waals surface area contributed by atoms with Gasteiger partial charge in [0.2, 0.25) is 0 Å². The number of aliphatic hydroxyl groups excluding tert-OH is 1. The summed E-state index contributed by atoms with van der Waals surface area (Å²) in [6.07, 6.45) is 0. The molecule has 4 rings (SSSR count). The summed E-state index contributed by atoms with van der Waals surface area (Å²) in [5.74, 6) is -1.81. The van der Waals surface area contributed by atoms with Crippen LogP contribution in [0.5, 0.6) is 5.75 Å². The molecule has 1 saturated heterocycles. The minimum absolute atomic E-state index is 0.00764. The van der Waals surface area contributed by atoms with Crippen LogP contribution in [-0.4, -0.2) is 22.8 Å². The highest BCUT2D eigenvalue weighted by molar-refractivity contribution is 6.51. The maximum absolute atomic E-state index is 13.3. The molecule has 6 nitrogen and oxygen atoms in total. The standard InChI is InChI=1S/C28H25NO5/c1-16-5-7-21(8-6-16)26(31)24-25(20-9-11-23(12-10-20)34-19(4)30)29(28(33)27(24)32)22-14-17(2)13-18(3)15-22/h5-15,25,31H,1-4H3/b26-24+. The molecule has 0 aliphatic carbocycles. The minimum atomic E-state index is -0.853. The van der Waals surface area contributed by atoms with Gasteiger partial charge in [0.25, 0.3) is 11.7 Å². The molecule has 172 valence electrons. The number of aryl methyl sites for hydroxylation is 3. The molecule has 1 aliphatic heterocycles. The van der Waals surface area contributed by atoms with Gasteiger partial charge in [-0.15, -0.1) is 0 Å². The van der Waals surface area contributed by atoms with Crippen molar-refractivity contribution in [2.24, 2.45) is 0 Å². The molecule has 1 aliphatic rings. The SMILES string of the molecule is CC(=O)Oc1ccc(C2/C(=C(\O)c3ccc(C)cc3)C(=O)C(=O)N2c2cc(C)cc(C)c2)cc1. The van der Waals surface area contributed by atoms with E-state index in [2.05, 4.69) is 0 Å². The first-order chi connectivity index (χ1) is 16.2. The lowest BCUT2D eigenvalue weighted by molar-refractivity contribution is -0.132. The number of hydrogen-bond donors (Lipinski definition) is 1. The Labute approximate surface area is 198 Å². The smallest absolute Gasteiger partial charge is 0.308 e. The molecule has 1 N–H and O–H groups in total. The molecule has 0 radical (unpaired) electrons. The number of esters is 1. The van der Waals surface area contributed by atoms with Crippen molar-refractivity contribution in [2.75, 3.05) is 4.90 Å². The number of nitrogens with zero attached hydrogens (tertiary/aromatic N) is 1. The fourth-order valence-electron chi connectivity index (χ4n) is 4.26. The van der Waals surface area contributed by atoms with E-state index in [4.69, 9.17) is 4.74 Å². The molecule has 6 heteroatoms. The molecule has 1 atom stereocenters. The van der Waals surface area contributed by atoms with Crippen molar-refractivity contribution in [3.63, 3.8) is 0 Å². The number of hydrogen-bond acceptors (Lipinski definition) is 5. The van der Waals surface area contributed by atoms with E-state index in [1.165, 1.54) is 11.8 Å². The summed E-state index contributed by atoms with van der Waals surface area (Å²) in [5, 5.41) is 11.2. The Bertz CT molecular complexity index is 1300. The van der Waals surface area contributed by atoms with Crippen molar-refractivity contribution in [2.45, 2.75) is 33.7 Å². The molecule has 3 aromatic carbocycles. The molecule has 0 aromatic heterocycles. The molecule has 1 heterocycles. The van der Waals surface area contributed by atoms with Gasteiger partial charge < -0.3 is 9.84 Å². The van der Waals surface area contributed by atoms with E-state index in [1.807, 2.05) is 51.1 Å². The summed E-state index contributed by atoms with van der Waals surface area (Å²) in [6.45, 7) is 7.07. The van der Waals surface area contributed by atoms with Gasteiger partial charge in [-0.1, -0.05) is 48.0 Å². The molecular weight excluding hydrogens is 430 g/mol. The van der Waals surface area contributed by atoms with E-state index in [9.17, 15) is 19.5 Å². The number of amides is 1. The lowest BCUT2D eigenvalue weighted by Gasteiger charge is -2.26. The van der Waals surface area contributed by atoms with Crippen LogP contribution in [0.15, 0.2) is 72.3 Å². The van der Waals surface area contributed by atoms with Crippen molar-refractivity contribution in [1.82, 2.24) is 0 Å². The Hall–Kier alpha value is -4.19. The predicted molar refractivity (Wildman–Crippen MR) is 130 cm³/mol. The monoisotopic (exact) mass is 455 g/mol. The second kappa shape index (κ2) is 8.98. The largest absolute Gasteiger partial charge is 0.507 e. The van der Waals surface area contributed by atoms with Crippen LogP contribution < -0.4 is 9.64 Å². The third kappa shape index (κ3) is 4.35. The van der Waals surface area contributed by atoms with Gasteiger partial charge in [0, 0.05) is 18.2 Å². The topological polar surface area (TPSA) is 83.9 Å². The minimum Gasteiger partial charge on any atom is -0.507 e. The van der Waals surface area contributed by atoms with Gasteiger partial charge in [0.1, 0.15) is 11.5 Å². The Balaban J connectivity index is 1.92. The number of benzene rings is 3. The fraction of sp³-hybridized carbons (Fsp3) is 0.179. The van der Waals surface area contributed by atoms with Gasteiger partial charge in [0.05, 0.1) is 11.6 Å². The summed E-state index contributed by atoms with van der Waals surface area (Å²) in [7, 11) is 0. The maximum atomic E-state index is 13.3. The van der Waals surface area contributed by atoms with Gasteiger partial charge >= 0.3 is 5.97 Å². The van der Waals surface area contributed by atoms with Crippen LogP contribution in [-0.2, 0) is 14.4 Å². The average Bonchev–Trinajstić information content (AvgIpc) is 3.04. The molecule has 3 aromatic rings. The quantitative estimate of drug-likeness (QED) is 0.193. The normalized spacial score (nSPS) is 17.2. The zero-order valence-electron chi connectivity index (χ0n) is 19.5. The van der Waals surface area contributed by atoms with Crippen molar-refractivity contribution >= 4 is 29.1 Å². The van der Waals surface area contributed by atoms with Crippen LogP contribution in [0, 0.1) is 20.8 Å². The third-order valence-corrected chi connectivity index (χ3v) is 5.71. The van der Waals surface area contributed by atoms with Crippen molar-refractivity contribution in [3.8, 4) is 5.75 Å². The van der Waals surface area contributed by atoms with E-state index in [0.717, 1.165) is 16.7 Å². The Morgan fingerprint density at radius 3 is 2.00 bits per heavy atom. The van der Waals surface area contributed by atoms with Gasteiger partial charge in [-0.25, -0.2) is 0 Å². The lowest BCUT2D eigenvalue weighted by atomic mass is 9.94. The molecule has 1 amide bonds. The van der Waals surface area contributed by atoms with Crippen LogP contribution in [0.1, 0.15) is 40.8 Å². The Morgan fingerprint density at radius 2 is 1.44 bits per heavy atom. The highest BCUT2D eigenvalue weighted by atomic mass is 16.5. The Kier molecular flexibility index (Phi) is 6.07. The van der Waals surface area contributed by atoms with E-state index in [1.54, 1.807) is 36.4 Å². The number of aliphatic hydroxyl groups is 1. The number of rotatable bonds is 4. The van der Waals surface area contributed by atoms with Crippen molar-refractivity contribution < 1.29 is 24.2 Å². The molecule has 1 unspecified atom stereocenters. The molecule has 1 fully saturated rings. The van der Waals surface area contributed by atoms with Gasteiger partial charge in [-0.05, 0) is 61.7 Å². The number of carbonyl (C=O) groups excluding carboxylic acids is 3. The number of Topliss-reactive ketones (excluding diaryl/α,β-unsaturated/α-hetero) is 1.